The average molecular weight is 524 g/mol. The molecule has 0 amide bonds. The van der Waals surface area contributed by atoms with E-state index < -0.39 is 16.5 Å². The van der Waals surface area contributed by atoms with Crippen molar-refractivity contribution < 1.29 is 22.4 Å². The molecule has 0 spiro atoms. The molecule has 0 aromatic rings. The second-order valence-corrected chi connectivity index (χ2v) is 14.5. The zero-order valence-electron chi connectivity index (χ0n) is 23.2. The van der Waals surface area contributed by atoms with E-state index in [0.717, 1.165) is 18.6 Å². The fraction of sp³-hybridized carbons (Fsp3) is 0.897. The molecule has 4 saturated carbocycles. The van der Waals surface area contributed by atoms with E-state index in [9.17, 15) is 18.2 Å². The Balaban J connectivity index is 1.54. The van der Waals surface area contributed by atoms with Crippen LogP contribution in [0.15, 0.2) is 17.3 Å². The lowest BCUT2D eigenvalue weighted by Gasteiger charge is -2.61. The Labute approximate surface area is 219 Å². The number of fused-ring (bicyclic) bond motifs is 5. The topological polar surface area (TPSA) is 96.2 Å². The summed E-state index contributed by atoms with van der Waals surface area (Å²) in [7, 11) is -4.49. The first kappa shape index (κ1) is 28.1. The number of rotatable bonds is 7. The first-order valence-electron chi connectivity index (χ1n) is 14.4. The Hall–Kier alpha value is -0.920. The van der Waals surface area contributed by atoms with E-state index >= 15 is 0 Å². The van der Waals surface area contributed by atoms with Gasteiger partial charge in [-0.25, -0.2) is 4.18 Å². The Morgan fingerprint density at radius 1 is 1.06 bits per heavy atom. The summed E-state index contributed by atoms with van der Waals surface area (Å²) in [6.07, 6.45) is 13.3. The van der Waals surface area contributed by atoms with Crippen LogP contribution in [0.2, 0.25) is 0 Å². The van der Waals surface area contributed by atoms with Crippen molar-refractivity contribution in [3.05, 3.63) is 12.2 Å². The molecular formula is C29H49NO5S. The number of allylic oxidation sites excluding steroid dienone is 2. The van der Waals surface area contributed by atoms with Gasteiger partial charge in [0.15, 0.2) is 0 Å². The monoisotopic (exact) mass is 523 g/mol. The SMILES string of the molecule is CC[C@H](/C=C/[C@@H](C)[C@H]1CC[C@H]2[C@@H]3C/C(=N/O)C4C[C@@H](OS(=O)(=O)O)CC[C@]4(C)[C@H]3CC[C@]12C)C(C)C. The predicted molar refractivity (Wildman–Crippen MR) is 143 cm³/mol. The second-order valence-electron chi connectivity index (χ2n) is 13.4. The van der Waals surface area contributed by atoms with E-state index in [1.54, 1.807) is 0 Å². The molecule has 0 bridgehead atoms. The molecule has 4 rings (SSSR count). The van der Waals surface area contributed by atoms with Crippen molar-refractivity contribution in [2.45, 2.75) is 105 Å². The largest absolute Gasteiger partial charge is 0.411 e. The zero-order valence-corrected chi connectivity index (χ0v) is 24.0. The molecule has 7 heteroatoms. The maximum atomic E-state index is 11.3. The Bertz CT molecular complexity index is 961. The lowest BCUT2D eigenvalue weighted by Crippen LogP contribution is -2.57. The molecule has 6 nitrogen and oxygen atoms in total. The Kier molecular flexibility index (Phi) is 8.06. The van der Waals surface area contributed by atoms with Gasteiger partial charge >= 0.3 is 10.4 Å². The Morgan fingerprint density at radius 2 is 1.72 bits per heavy atom. The lowest BCUT2D eigenvalue weighted by atomic mass is 9.44. The third-order valence-corrected chi connectivity index (χ3v) is 12.0. The molecular weight excluding hydrogens is 474 g/mol. The van der Waals surface area contributed by atoms with E-state index in [4.69, 9.17) is 4.18 Å². The van der Waals surface area contributed by atoms with Crippen molar-refractivity contribution in [2.24, 2.45) is 63.3 Å². The van der Waals surface area contributed by atoms with E-state index in [1.807, 2.05) is 0 Å². The Morgan fingerprint density at radius 3 is 2.33 bits per heavy atom. The van der Waals surface area contributed by atoms with Crippen LogP contribution in [0.3, 0.4) is 0 Å². The quantitative estimate of drug-likeness (QED) is 0.160. The van der Waals surface area contributed by atoms with Gasteiger partial charge in [0.25, 0.3) is 0 Å². The number of oxime groups is 1. The first-order valence-corrected chi connectivity index (χ1v) is 15.7. The van der Waals surface area contributed by atoms with E-state index in [1.165, 1.54) is 32.1 Å². The first-order chi connectivity index (χ1) is 16.8. The normalized spacial score (nSPS) is 43.8. The molecule has 206 valence electrons. The van der Waals surface area contributed by atoms with Gasteiger partial charge in [-0.1, -0.05) is 58.9 Å². The van der Waals surface area contributed by atoms with Crippen LogP contribution in [-0.4, -0.2) is 30.0 Å². The van der Waals surface area contributed by atoms with Crippen LogP contribution in [-0.2, 0) is 14.6 Å². The summed E-state index contributed by atoms with van der Waals surface area (Å²) in [5.41, 5.74) is 1.09. The van der Waals surface area contributed by atoms with Gasteiger partial charge in [-0.05, 0) is 110 Å². The predicted octanol–water partition coefficient (Wildman–Crippen LogP) is 7.15. The molecule has 0 saturated heterocycles. The summed E-state index contributed by atoms with van der Waals surface area (Å²) in [6.45, 7) is 14.2. The number of nitrogens with zero attached hydrogens (tertiary/aromatic N) is 1. The molecule has 2 N–H and O–H groups in total. The van der Waals surface area contributed by atoms with Crippen LogP contribution in [0.25, 0.3) is 0 Å². The van der Waals surface area contributed by atoms with Crippen molar-refractivity contribution in [1.29, 1.82) is 0 Å². The molecule has 4 fully saturated rings. The van der Waals surface area contributed by atoms with Crippen LogP contribution < -0.4 is 0 Å². The molecule has 4 aliphatic carbocycles. The van der Waals surface area contributed by atoms with Crippen LogP contribution in [0.1, 0.15) is 99.3 Å². The molecule has 0 aliphatic heterocycles. The molecule has 4 aliphatic rings. The molecule has 0 heterocycles. The summed E-state index contributed by atoms with van der Waals surface area (Å²) in [5, 5.41) is 13.9. The van der Waals surface area contributed by atoms with Crippen LogP contribution in [0.5, 0.6) is 0 Å². The zero-order chi connectivity index (χ0) is 26.5. The number of hydrogen-bond donors (Lipinski definition) is 2. The lowest BCUT2D eigenvalue weighted by molar-refractivity contribution is -0.0905. The van der Waals surface area contributed by atoms with Gasteiger partial charge in [-0.2, -0.15) is 8.42 Å². The van der Waals surface area contributed by atoms with Crippen molar-refractivity contribution in [1.82, 2.24) is 0 Å². The van der Waals surface area contributed by atoms with Gasteiger partial charge in [0.1, 0.15) is 0 Å². The van der Waals surface area contributed by atoms with Crippen LogP contribution >= 0.6 is 0 Å². The molecule has 1 unspecified atom stereocenters. The number of hydrogen-bond acceptors (Lipinski definition) is 5. The van der Waals surface area contributed by atoms with Gasteiger partial charge < -0.3 is 5.21 Å². The highest BCUT2D eigenvalue weighted by Gasteiger charge is 2.62. The second kappa shape index (κ2) is 10.3. The molecule has 36 heavy (non-hydrogen) atoms. The highest BCUT2D eigenvalue weighted by Crippen LogP contribution is 2.68. The van der Waals surface area contributed by atoms with Crippen LogP contribution in [0, 0.1) is 58.2 Å². The maximum Gasteiger partial charge on any atom is 0.397 e. The smallest absolute Gasteiger partial charge is 0.397 e. The van der Waals surface area contributed by atoms with Gasteiger partial charge in [-0.15, -0.1) is 0 Å². The third kappa shape index (κ3) is 5.05. The van der Waals surface area contributed by atoms with Crippen LogP contribution in [0.4, 0.5) is 0 Å². The summed E-state index contributed by atoms with van der Waals surface area (Å²) < 4.78 is 36.9. The minimum Gasteiger partial charge on any atom is -0.411 e. The van der Waals surface area contributed by atoms with Gasteiger partial charge in [0.05, 0.1) is 11.8 Å². The minimum absolute atomic E-state index is 0.00493. The summed E-state index contributed by atoms with van der Waals surface area (Å²) in [6, 6.07) is 0. The van der Waals surface area contributed by atoms with Gasteiger partial charge in [-0.3, -0.25) is 4.55 Å². The van der Waals surface area contributed by atoms with Gasteiger partial charge in [0.2, 0.25) is 0 Å². The molecule has 10 atom stereocenters. The van der Waals surface area contributed by atoms with Crippen molar-refractivity contribution >= 4 is 16.1 Å². The summed E-state index contributed by atoms with van der Waals surface area (Å²) in [5.74, 6) is 4.25. The third-order valence-electron chi connectivity index (χ3n) is 11.5. The maximum absolute atomic E-state index is 11.3. The molecule has 0 aromatic heterocycles. The highest BCUT2D eigenvalue weighted by molar-refractivity contribution is 7.80. The molecule has 0 radical (unpaired) electrons. The summed E-state index contributed by atoms with van der Waals surface area (Å²) >= 11 is 0. The summed E-state index contributed by atoms with van der Waals surface area (Å²) in [4.78, 5) is 0. The standard InChI is InChI=1S/C29H49NO5S/c1-7-20(18(2)3)9-8-19(4)23-10-11-24-22-17-27(30-31)26-16-21(35-36(32,33)34)12-14-29(26,6)25(22)13-15-28(23,24)5/h8-9,18-26,31H,7,10-17H2,1-6H3,(H,32,33,34)/b9-8+,30-27-/t19-,20-,21+,22+,23-,24+,25+,26?,28-,29-/m1/s1. The average Bonchev–Trinajstić information content (AvgIpc) is 3.15. The fourth-order valence-corrected chi connectivity index (χ4v) is 10.1. The van der Waals surface area contributed by atoms with E-state index in [2.05, 4.69) is 58.9 Å². The van der Waals surface area contributed by atoms with E-state index in [-0.39, 0.29) is 11.3 Å². The fourth-order valence-electron chi connectivity index (χ4n) is 9.59. The van der Waals surface area contributed by atoms with Gasteiger partial charge in [0, 0.05) is 5.92 Å². The van der Waals surface area contributed by atoms with Crippen molar-refractivity contribution in [3.63, 3.8) is 0 Å². The van der Waals surface area contributed by atoms with Crippen molar-refractivity contribution in [2.75, 3.05) is 0 Å². The highest BCUT2D eigenvalue weighted by atomic mass is 32.3. The minimum atomic E-state index is -4.49. The molecule has 0 aromatic carbocycles. The van der Waals surface area contributed by atoms with Crippen molar-refractivity contribution in [3.8, 4) is 0 Å². The van der Waals surface area contributed by atoms with E-state index in [0.29, 0.717) is 59.7 Å².